The summed E-state index contributed by atoms with van der Waals surface area (Å²) in [5.41, 5.74) is 11.7. The van der Waals surface area contributed by atoms with Crippen LogP contribution in [0.25, 0.3) is 69.2 Å². The first-order valence-electron chi connectivity index (χ1n) is 14.9. The number of thiophene rings is 1. The fraction of sp³-hybridized carbons (Fsp3) is 0.0250. The van der Waals surface area contributed by atoms with Crippen LogP contribution in [0.4, 0.5) is 0 Å². The molecule has 1 aliphatic rings. The Morgan fingerprint density at radius 2 is 1.34 bits per heavy atom. The minimum Gasteiger partial charge on any atom is -0.398 e. The Morgan fingerprint density at radius 3 is 2.23 bits per heavy atom. The van der Waals surface area contributed by atoms with E-state index in [1.807, 2.05) is 60.2 Å². The molecule has 4 heteroatoms. The molecule has 1 atom stereocenters. The van der Waals surface area contributed by atoms with Crippen LogP contribution in [0, 0.1) is 0 Å². The van der Waals surface area contributed by atoms with Gasteiger partial charge < -0.3 is 10.3 Å². The van der Waals surface area contributed by atoms with Crippen LogP contribution in [-0.4, -0.2) is 16.9 Å². The van der Waals surface area contributed by atoms with Crippen LogP contribution in [0.1, 0.15) is 5.56 Å². The Hall–Kier alpha value is -5.45. The molecule has 0 aliphatic heterocycles. The first-order valence-corrected chi connectivity index (χ1v) is 15.7. The van der Waals surface area contributed by atoms with Gasteiger partial charge in [-0.25, -0.2) is 0 Å². The van der Waals surface area contributed by atoms with Crippen molar-refractivity contribution in [3.63, 3.8) is 0 Å². The SMILES string of the molecule is N/C(=C1/C=CC=CC1N=Cn1c2ccc3ccccc3c2c2c3ccc4sc5ccccc5c4c3ccc21)c1ccccc1. The van der Waals surface area contributed by atoms with Crippen LogP contribution < -0.4 is 5.73 Å². The molecule has 6 aromatic carbocycles. The molecule has 0 saturated carbocycles. The Bertz CT molecular complexity index is 2560. The fourth-order valence-electron chi connectivity index (χ4n) is 6.89. The van der Waals surface area contributed by atoms with Gasteiger partial charge in [0.15, 0.2) is 0 Å². The molecule has 0 fully saturated rings. The smallest absolute Gasteiger partial charge is 0.0971 e. The number of nitrogens with two attached hydrogens (primary N) is 1. The second-order valence-electron chi connectivity index (χ2n) is 11.3. The van der Waals surface area contributed by atoms with Crippen LogP contribution >= 0.6 is 11.3 Å². The van der Waals surface area contributed by atoms with Crippen molar-refractivity contribution in [2.45, 2.75) is 6.04 Å². The molecule has 9 rings (SSSR count). The average molecular weight is 582 g/mol. The molecule has 2 aromatic heterocycles. The molecule has 3 nitrogen and oxygen atoms in total. The summed E-state index contributed by atoms with van der Waals surface area (Å²) in [5.74, 6) is 0. The summed E-state index contributed by atoms with van der Waals surface area (Å²) >= 11 is 1.87. The van der Waals surface area contributed by atoms with E-state index in [1.165, 1.54) is 52.5 Å². The Labute approximate surface area is 258 Å². The Kier molecular flexibility index (Phi) is 5.59. The summed E-state index contributed by atoms with van der Waals surface area (Å²) in [5, 5.41) is 10.2. The predicted molar refractivity (Wildman–Crippen MR) is 191 cm³/mol. The van der Waals surface area contributed by atoms with Crippen molar-refractivity contribution in [1.82, 2.24) is 4.57 Å². The maximum Gasteiger partial charge on any atom is 0.0971 e. The number of benzene rings is 6. The van der Waals surface area contributed by atoms with Crippen LogP contribution in [0.3, 0.4) is 0 Å². The maximum atomic E-state index is 6.71. The quantitative estimate of drug-likeness (QED) is 0.164. The number of hydrogen-bond acceptors (Lipinski definition) is 3. The lowest BCUT2D eigenvalue weighted by molar-refractivity contribution is 0.966. The lowest BCUT2D eigenvalue weighted by atomic mass is 9.97. The van der Waals surface area contributed by atoms with Gasteiger partial charge in [-0.05, 0) is 51.4 Å². The second kappa shape index (κ2) is 9.80. The molecule has 1 unspecified atom stereocenters. The minimum absolute atomic E-state index is 0.189. The number of aliphatic imine (C=N–C) groups is 1. The lowest BCUT2D eigenvalue weighted by Crippen LogP contribution is -2.13. The molecule has 2 N–H and O–H groups in total. The van der Waals surface area contributed by atoms with Gasteiger partial charge in [0, 0.05) is 42.2 Å². The average Bonchev–Trinajstić information content (AvgIpc) is 3.63. The van der Waals surface area contributed by atoms with Gasteiger partial charge >= 0.3 is 0 Å². The molecular formula is C40H27N3S. The molecule has 0 spiro atoms. The number of aromatic nitrogens is 1. The molecule has 208 valence electrons. The molecule has 2 heterocycles. The van der Waals surface area contributed by atoms with Gasteiger partial charge in [0.2, 0.25) is 0 Å². The zero-order valence-corrected chi connectivity index (χ0v) is 24.6. The van der Waals surface area contributed by atoms with E-state index < -0.39 is 0 Å². The van der Waals surface area contributed by atoms with E-state index in [9.17, 15) is 0 Å². The third-order valence-electron chi connectivity index (χ3n) is 8.93. The predicted octanol–water partition coefficient (Wildman–Crippen LogP) is 10.2. The third-order valence-corrected chi connectivity index (χ3v) is 10.1. The number of rotatable bonds is 3. The highest BCUT2D eigenvalue weighted by atomic mass is 32.1. The lowest BCUT2D eigenvalue weighted by Gasteiger charge is -2.16. The number of nitrogens with zero attached hydrogens (tertiary/aromatic N) is 2. The van der Waals surface area contributed by atoms with Gasteiger partial charge in [-0.2, -0.15) is 0 Å². The van der Waals surface area contributed by atoms with Crippen molar-refractivity contribution in [2.75, 3.05) is 0 Å². The van der Waals surface area contributed by atoms with Gasteiger partial charge in [0.1, 0.15) is 0 Å². The van der Waals surface area contributed by atoms with Crippen LogP contribution in [-0.2, 0) is 0 Å². The molecule has 44 heavy (non-hydrogen) atoms. The summed E-state index contributed by atoms with van der Waals surface area (Å²) in [6.07, 6.45) is 10.3. The molecule has 1 aliphatic carbocycles. The Balaban J connectivity index is 1.32. The maximum absolute atomic E-state index is 6.71. The zero-order chi connectivity index (χ0) is 29.2. The van der Waals surface area contributed by atoms with E-state index in [-0.39, 0.29) is 6.04 Å². The minimum atomic E-state index is -0.189. The molecular weight excluding hydrogens is 555 g/mol. The van der Waals surface area contributed by atoms with Crippen molar-refractivity contribution >= 4 is 86.9 Å². The van der Waals surface area contributed by atoms with Crippen LogP contribution in [0.2, 0.25) is 0 Å². The second-order valence-corrected chi connectivity index (χ2v) is 12.4. The standard InChI is InChI=1S/C40H27N3S/c41-40(26-11-2-1-3-12-26)30-14-6-8-16-32(30)42-24-43-33-21-18-25-10-4-5-13-27(25)38(33)39-29-20-23-36-37(28(29)19-22-34(39)43)31-15-7-9-17-35(31)44-36/h1-24,32H,41H2/b40-30-,42-24?. The summed E-state index contributed by atoms with van der Waals surface area (Å²) in [6.45, 7) is 0. The summed E-state index contributed by atoms with van der Waals surface area (Å²) in [6, 6.07) is 41.0. The molecule has 0 radical (unpaired) electrons. The van der Waals surface area contributed by atoms with Gasteiger partial charge in [0.05, 0.1) is 23.4 Å². The van der Waals surface area contributed by atoms with Crippen molar-refractivity contribution < 1.29 is 0 Å². The third kappa shape index (κ3) is 3.71. The van der Waals surface area contributed by atoms with E-state index in [0.717, 1.165) is 27.9 Å². The van der Waals surface area contributed by atoms with E-state index >= 15 is 0 Å². The summed E-state index contributed by atoms with van der Waals surface area (Å²) in [7, 11) is 0. The monoisotopic (exact) mass is 581 g/mol. The van der Waals surface area contributed by atoms with Crippen molar-refractivity contribution in [3.05, 3.63) is 151 Å². The van der Waals surface area contributed by atoms with E-state index in [0.29, 0.717) is 0 Å². The largest absolute Gasteiger partial charge is 0.398 e. The topological polar surface area (TPSA) is 43.3 Å². The summed E-state index contributed by atoms with van der Waals surface area (Å²) in [4.78, 5) is 5.16. The molecule has 0 amide bonds. The first-order chi connectivity index (χ1) is 21.8. The number of allylic oxidation sites excluding steroid dienone is 2. The number of hydrogen-bond donors (Lipinski definition) is 1. The highest BCUT2D eigenvalue weighted by Crippen LogP contribution is 2.43. The van der Waals surface area contributed by atoms with E-state index in [2.05, 4.69) is 102 Å². The van der Waals surface area contributed by atoms with Crippen molar-refractivity contribution in [1.29, 1.82) is 0 Å². The Morgan fingerprint density at radius 1 is 0.636 bits per heavy atom. The van der Waals surface area contributed by atoms with Crippen molar-refractivity contribution in [2.24, 2.45) is 10.7 Å². The van der Waals surface area contributed by atoms with Gasteiger partial charge in [-0.15, -0.1) is 11.3 Å². The van der Waals surface area contributed by atoms with Gasteiger partial charge in [-0.1, -0.05) is 115 Å². The molecule has 0 saturated heterocycles. The molecule has 0 bridgehead atoms. The van der Waals surface area contributed by atoms with Crippen LogP contribution in [0.5, 0.6) is 0 Å². The zero-order valence-electron chi connectivity index (χ0n) is 23.8. The van der Waals surface area contributed by atoms with Gasteiger partial charge in [-0.3, -0.25) is 4.99 Å². The van der Waals surface area contributed by atoms with Gasteiger partial charge in [0.25, 0.3) is 0 Å². The molecule has 8 aromatic rings. The fourth-order valence-corrected chi connectivity index (χ4v) is 8.01. The van der Waals surface area contributed by atoms with Crippen molar-refractivity contribution in [3.8, 4) is 0 Å². The van der Waals surface area contributed by atoms with E-state index in [1.54, 1.807) is 0 Å². The van der Waals surface area contributed by atoms with E-state index in [4.69, 9.17) is 10.7 Å². The highest BCUT2D eigenvalue weighted by Gasteiger charge is 2.19. The van der Waals surface area contributed by atoms with Crippen LogP contribution in [0.15, 0.2) is 150 Å². The first kappa shape index (κ1) is 25.1. The number of fused-ring (bicyclic) bond motifs is 11. The normalized spacial score (nSPS) is 16.5. The summed E-state index contributed by atoms with van der Waals surface area (Å²) < 4.78 is 4.90. The highest BCUT2D eigenvalue weighted by molar-refractivity contribution is 7.26.